The molecule has 0 saturated carbocycles. The first kappa shape index (κ1) is 14.3. The van der Waals surface area contributed by atoms with Gasteiger partial charge in [0.05, 0.1) is 27.5 Å². The molecule has 0 aliphatic carbocycles. The third-order valence-electron chi connectivity index (χ3n) is 3.65. The molecule has 1 saturated heterocycles. The number of aromatic nitrogens is 2. The fraction of sp³-hybridized carbons (Fsp3) is 0.538. The second-order valence-electron chi connectivity index (χ2n) is 4.99. The van der Waals surface area contributed by atoms with Crippen molar-refractivity contribution in [1.82, 2.24) is 14.1 Å². The third kappa shape index (κ3) is 2.60. The van der Waals surface area contributed by atoms with Gasteiger partial charge in [0, 0.05) is 19.1 Å². The van der Waals surface area contributed by atoms with Gasteiger partial charge in [0.2, 0.25) is 0 Å². The predicted octanol–water partition coefficient (Wildman–Crippen LogP) is 3.58. The molecular formula is C13H16Cl2N4S. The lowest BCUT2D eigenvalue weighted by molar-refractivity contribution is 0.432. The van der Waals surface area contributed by atoms with E-state index >= 15 is 0 Å². The van der Waals surface area contributed by atoms with Crippen LogP contribution in [0.5, 0.6) is 0 Å². The number of hydrogen-bond donors (Lipinski definition) is 1. The van der Waals surface area contributed by atoms with Crippen molar-refractivity contribution in [3.63, 3.8) is 0 Å². The highest BCUT2D eigenvalue weighted by Crippen LogP contribution is 2.38. The van der Waals surface area contributed by atoms with Crippen LogP contribution in [0.4, 0.5) is 5.69 Å². The minimum atomic E-state index is 0.502. The van der Waals surface area contributed by atoms with Crippen molar-refractivity contribution >= 4 is 51.7 Å². The molecule has 1 atom stereocenters. The lowest BCUT2D eigenvalue weighted by atomic mass is 10.0. The molecule has 0 spiro atoms. The molecule has 2 aromatic rings. The Bertz CT molecular complexity index is 614. The molecule has 1 aliphatic heterocycles. The molecule has 3 rings (SSSR count). The van der Waals surface area contributed by atoms with Gasteiger partial charge in [0.1, 0.15) is 11.0 Å². The summed E-state index contributed by atoms with van der Waals surface area (Å²) in [4.78, 5) is 2.30. The number of likely N-dealkylation sites (N-methyl/N-ethyl adjacent to an activating group) is 1. The van der Waals surface area contributed by atoms with E-state index in [2.05, 4.69) is 25.9 Å². The number of anilines is 1. The molecule has 0 radical (unpaired) electrons. The zero-order valence-corrected chi connectivity index (χ0v) is 13.5. The zero-order chi connectivity index (χ0) is 14.1. The highest BCUT2D eigenvalue weighted by Gasteiger charge is 2.24. The van der Waals surface area contributed by atoms with Crippen LogP contribution in [0.2, 0.25) is 10.0 Å². The van der Waals surface area contributed by atoms with Gasteiger partial charge in [-0.2, -0.15) is 8.75 Å². The van der Waals surface area contributed by atoms with E-state index < -0.39 is 0 Å². The van der Waals surface area contributed by atoms with Crippen LogP contribution in [0, 0.1) is 0 Å². The number of nitrogens with zero attached hydrogens (tertiary/aromatic N) is 3. The maximum Gasteiger partial charge on any atom is 0.131 e. The highest BCUT2D eigenvalue weighted by atomic mass is 35.5. The van der Waals surface area contributed by atoms with Crippen LogP contribution in [-0.2, 0) is 0 Å². The number of fused-ring (bicyclic) bond motifs is 1. The fourth-order valence-electron chi connectivity index (χ4n) is 2.80. The molecule has 0 amide bonds. The first-order valence-electron chi connectivity index (χ1n) is 6.79. The molecule has 1 aliphatic rings. The van der Waals surface area contributed by atoms with Crippen LogP contribution >= 0.6 is 34.9 Å². The second kappa shape index (κ2) is 6.02. The van der Waals surface area contributed by atoms with Crippen molar-refractivity contribution in [3.8, 4) is 0 Å². The van der Waals surface area contributed by atoms with E-state index in [0.717, 1.165) is 42.8 Å². The van der Waals surface area contributed by atoms with Crippen LogP contribution in [-0.4, -0.2) is 34.4 Å². The van der Waals surface area contributed by atoms with Crippen molar-refractivity contribution in [2.45, 2.75) is 25.8 Å². The first-order chi connectivity index (χ1) is 9.70. The van der Waals surface area contributed by atoms with Gasteiger partial charge in [-0.25, -0.2) is 0 Å². The average Bonchev–Trinajstić information content (AvgIpc) is 2.89. The van der Waals surface area contributed by atoms with E-state index in [1.54, 1.807) is 6.07 Å². The fourth-order valence-corrected chi connectivity index (χ4v) is 4.02. The summed E-state index contributed by atoms with van der Waals surface area (Å²) in [6.07, 6.45) is 2.35. The van der Waals surface area contributed by atoms with Gasteiger partial charge in [-0.05, 0) is 25.5 Å². The Hall–Kier alpha value is -0.620. The summed E-state index contributed by atoms with van der Waals surface area (Å²) in [6.45, 7) is 5.06. The Morgan fingerprint density at radius 3 is 2.95 bits per heavy atom. The normalized spacial score (nSPS) is 19.8. The van der Waals surface area contributed by atoms with Crippen molar-refractivity contribution < 1.29 is 0 Å². The Morgan fingerprint density at radius 1 is 1.35 bits per heavy atom. The van der Waals surface area contributed by atoms with Gasteiger partial charge in [-0.3, -0.25) is 0 Å². The molecule has 7 heteroatoms. The van der Waals surface area contributed by atoms with Crippen molar-refractivity contribution in [2.24, 2.45) is 0 Å². The molecule has 1 aromatic heterocycles. The molecule has 1 unspecified atom stereocenters. The van der Waals surface area contributed by atoms with Crippen LogP contribution in [0.3, 0.4) is 0 Å². The molecule has 2 heterocycles. The number of hydrogen-bond acceptors (Lipinski definition) is 5. The lowest BCUT2D eigenvalue weighted by Gasteiger charge is -2.35. The SMILES string of the molecule is CCNC1CCCN(c2c(Cl)cc(Cl)c3nsnc23)C1. The van der Waals surface area contributed by atoms with Crippen LogP contribution < -0.4 is 10.2 Å². The van der Waals surface area contributed by atoms with E-state index in [0.29, 0.717) is 16.1 Å². The number of benzene rings is 1. The standard InChI is InChI=1S/C13H16Cl2N4S/c1-2-16-8-4-3-5-19(7-8)13-10(15)6-9(14)11-12(13)18-20-17-11/h6,8,16H,2-5,7H2,1H3. The van der Waals surface area contributed by atoms with Crippen LogP contribution in [0.15, 0.2) is 6.07 Å². The largest absolute Gasteiger partial charge is 0.367 e. The summed E-state index contributed by atoms with van der Waals surface area (Å²) in [6, 6.07) is 2.28. The Morgan fingerprint density at radius 2 is 2.15 bits per heavy atom. The van der Waals surface area contributed by atoms with Gasteiger partial charge in [0.15, 0.2) is 0 Å². The maximum absolute atomic E-state index is 6.41. The smallest absolute Gasteiger partial charge is 0.131 e. The minimum Gasteiger partial charge on any atom is -0.367 e. The van der Waals surface area contributed by atoms with Gasteiger partial charge < -0.3 is 10.2 Å². The molecule has 0 bridgehead atoms. The Kier molecular flexibility index (Phi) is 4.31. The number of piperidine rings is 1. The van der Waals surface area contributed by atoms with E-state index in [-0.39, 0.29) is 0 Å². The first-order valence-corrected chi connectivity index (χ1v) is 8.28. The summed E-state index contributed by atoms with van der Waals surface area (Å²) in [7, 11) is 0. The third-order valence-corrected chi connectivity index (χ3v) is 4.75. The topological polar surface area (TPSA) is 41.0 Å². The molecule has 108 valence electrons. The number of nitrogens with one attached hydrogen (secondary N) is 1. The summed E-state index contributed by atoms with van der Waals surface area (Å²) < 4.78 is 8.65. The summed E-state index contributed by atoms with van der Waals surface area (Å²) in [5, 5.41) is 4.74. The monoisotopic (exact) mass is 330 g/mol. The van der Waals surface area contributed by atoms with Gasteiger partial charge in [-0.1, -0.05) is 30.1 Å². The number of halogens is 2. The van der Waals surface area contributed by atoms with Crippen LogP contribution in [0.25, 0.3) is 11.0 Å². The molecule has 1 aromatic carbocycles. The van der Waals surface area contributed by atoms with E-state index in [4.69, 9.17) is 23.2 Å². The van der Waals surface area contributed by atoms with Gasteiger partial charge >= 0.3 is 0 Å². The molecule has 20 heavy (non-hydrogen) atoms. The minimum absolute atomic E-state index is 0.502. The Labute approximate surface area is 132 Å². The predicted molar refractivity (Wildman–Crippen MR) is 86.3 cm³/mol. The average molecular weight is 331 g/mol. The quantitative estimate of drug-likeness (QED) is 0.933. The Balaban J connectivity index is 1.99. The van der Waals surface area contributed by atoms with E-state index in [1.165, 1.54) is 18.1 Å². The summed E-state index contributed by atoms with van der Waals surface area (Å²) >= 11 is 13.8. The second-order valence-corrected chi connectivity index (χ2v) is 6.34. The number of rotatable bonds is 3. The zero-order valence-electron chi connectivity index (χ0n) is 11.2. The maximum atomic E-state index is 6.41. The van der Waals surface area contributed by atoms with Crippen LogP contribution in [0.1, 0.15) is 19.8 Å². The van der Waals surface area contributed by atoms with Gasteiger partial charge in [-0.15, -0.1) is 0 Å². The van der Waals surface area contributed by atoms with Crippen molar-refractivity contribution in [3.05, 3.63) is 16.1 Å². The van der Waals surface area contributed by atoms with E-state index in [1.807, 2.05) is 0 Å². The lowest BCUT2D eigenvalue weighted by Crippen LogP contribution is -2.45. The molecule has 1 fully saturated rings. The molecule has 1 N–H and O–H groups in total. The summed E-state index contributed by atoms with van der Waals surface area (Å²) in [5.41, 5.74) is 2.55. The molecule has 4 nitrogen and oxygen atoms in total. The van der Waals surface area contributed by atoms with Crippen molar-refractivity contribution in [2.75, 3.05) is 24.5 Å². The highest BCUT2D eigenvalue weighted by molar-refractivity contribution is 7.00. The van der Waals surface area contributed by atoms with Gasteiger partial charge in [0.25, 0.3) is 0 Å². The van der Waals surface area contributed by atoms with E-state index in [9.17, 15) is 0 Å². The summed E-state index contributed by atoms with van der Waals surface area (Å²) in [5.74, 6) is 0. The molecular weight excluding hydrogens is 315 g/mol. The van der Waals surface area contributed by atoms with Crippen molar-refractivity contribution in [1.29, 1.82) is 0 Å².